The van der Waals surface area contributed by atoms with Gasteiger partial charge in [0.25, 0.3) is 0 Å². The Balaban J connectivity index is 2.46. The molecule has 1 saturated heterocycles. The zero-order valence-corrected chi connectivity index (χ0v) is 7.35. The summed E-state index contributed by atoms with van der Waals surface area (Å²) < 4.78 is 1.15. The molecule has 0 spiro atoms. The van der Waals surface area contributed by atoms with Crippen molar-refractivity contribution in [3.8, 4) is 0 Å². The van der Waals surface area contributed by atoms with E-state index in [0.29, 0.717) is 0 Å². The lowest BCUT2D eigenvalue weighted by Gasteiger charge is -2.40. The molecule has 0 bridgehead atoms. The van der Waals surface area contributed by atoms with Gasteiger partial charge >= 0.3 is 0 Å². The van der Waals surface area contributed by atoms with E-state index in [1.807, 2.05) is 0 Å². The van der Waals surface area contributed by atoms with Crippen LogP contribution in [0.2, 0.25) is 0 Å². The van der Waals surface area contributed by atoms with Gasteiger partial charge in [-0.2, -0.15) is 0 Å². The molecule has 0 aliphatic carbocycles. The smallest absolute Gasteiger partial charge is 0.0800 e. The van der Waals surface area contributed by atoms with E-state index < -0.39 is 0 Å². The molecule has 2 heteroatoms. The van der Waals surface area contributed by atoms with Gasteiger partial charge in [0.1, 0.15) is 0 Å². The van der Waals surface area contributed by atoms with E-state index in [-0.39, 0.29) is 5.54 Å². The predicted molar refractivity (Wildman–Crippen MR) is 43.7 cm³/mol. The van der Waals surface area contributed by atoms with Crippen LogP contribution in [0, 0.1) is 0 Å². The summed E-state index contributed by atoms with van der Waals surface area (Å²) in [6, 6.07) is 0. The summed E-state index contributed by atoms with van der Waals surface area (Å²) in [5, 5.41) is 0. The molecule has 1 aliphatic rings. The first kappa shape index (κ1) is 8.02. The molecule has 0 aromatic heterocycles. The van der Waals surface area contributed by atoms with E-state index in [2.05, 4.69) is 21.0 Å². The lowest BCUT2D eigenvalue weighted by Crippen LogP contribution is -2.54. The lowest BCUT2D eigenvalue weighted by atomic mass is 9.90. The van der Waals surface area contributed by atoms with Crippen LogP contribution in [-0.4, -0.2) is 37.2 Å². The fourth-order valence-corrected chi connectivity index (χ4v) is 1.35. The number of likely N-dealkylation sites (tertiary alicyclic amines) is 1. The highest BCUT2D eigenvalue weighted by atomic mass is 15.3. The molecular weight excluding hydrogens is 124 g/mol. The van der Waals surface area contributed by atoms with Crippen molar-refractivity contribution in [1.29, 1.82) is 0 Å². The Labute approximate surface area is 63.6 Å². The second-order valence-electron chi connectivity index (χ2n) is 4.54. The third-order valence-electron chi connectivity index (χ3n) is 2.58. The molecule has 0 unspecified atom stereocenters. The van der Waals surface area contributed by atoms with Gasteiger partial charge < -0.3 is 10.2 Å². The van der Waals surface area contributed by atoms with Gasteiger partial charge in [0.15, 0.2) is 0 Å². The van der Waals surface area contributed by atoms with E-state index in [1.54, 1.807) is 0 Å². The number of quaternary nitrogens is 1. The standard InChI is InChI=1S/C8H19N2/c1-8(9)4-6-10(2,3)7-5-8/h4-7,9H2,1-3H3/q+1. The van der Waals surface area contributed by atoms with Crippen LogP contribution in [0.3, 0.4) is 0 Å². The summed E-state index contributed by atoms with van der Waals surface area (Å²) in [7, 11) is 4.55. The number of rotatable bonds is 0. The number of hydrogen-bond acceptors (Lipinski definition) is 1. The molecule has 10 heavy (non-hydrogen) atoms. The summed E-state index contributed by atoms with van der Waals surface area (Å²) in [4.78, 5) is 0. The van der Waals surface area contributed by atoms with Crippen molar-refractivity contribution in [3.05, 3.63) is 0 Å². The minimum Gasteiger partial charge on any atom is -0.328 e. The topological polar surface area (TPSA) is 26.0 Å². The Bertz CT molecular complexity index is 99.2. The van der Waals surface area contributed by atoms with Crippen molar-refractivity contribution in [2.75, 3.05) is 27.2 Å². The van der Waals surface area contributed by atoms with Gasteiger partial charge in [-0.05, 0) is 6.92 Å². The Hall–Kier alpha value is -0.0800. The van der Waals surface area contributed by atoms with Crippen LogP contribution in [0.15, 0.2) is 0 Å². The Morgan fingerprint density at radius 2 is 1.60 bits per heavy atom. The van der Waals surface area contributed by atoms with Crippen LogP contribution in [0.5, 0.6) is 0 Å². The minimum absolute atomic E-state index is 0.119. The van der Waals surface area contributed by atoms with E-state index in [0.717, 1.165) is 4.48 Å². The molecule has 0 radical (unpaired) electrons. The molecule has 1 rings (SSSR count). The average Bonchev–Trinajstić information content (AvgIpc) is 1.79. The van der Waals surface area contributed by atoms with Crippen LogP contribution in [-0.2, 0) is 0 Å². The zero-order chi connectivity index (χ0) is 7.83. The first-order chi connectivity index (χ1) is 4.41. The van der Waals surface area contributed by atoms with Gasteiger partial charge in [0.2, 0.25) is 0 Å². The second-order valence-corrected chi connectivity index (χ2v) is 4.54. The molecular formula is C8H19N2+. The molecule has 1 heterocycles. The number of nitrogens with two attached hydrogens (primary N) is 1. The SMILES string of the molecule is CC1(N)CC[N+](C)(C)CC1. The Morgan fingerprint density at radius 1 is 1.20 bits per heavy atom. The summed E-state index contributed by atoms with van der Waals surface area (Å²) in [6.07, 6.45) is 2.33. The molecule has 0 saturated carbocycles. The second kappa shape index (κ2) is 2.21. The third-order valence-corrected chi connectivity index (χ3v) is 2.58. The highest BCUT2D eigenvalue weighted by molar-refractivity contribution is 4.80. The van der Waals surface area contributed by atoms with E-state index in [4.69, 9.17) is 5.73 Å². The number of piperidine rings is 1. The van der Waals surface area contributed by atoms with Gasteiger partial charge in [-0.1, -0.05) is 0 Å². The highest BCUT2D eigenvalue weighted by Gasteiger charge is 2.31. The molecule has 1 fully saturated rings. The molecule has 0 atom stereocenters. The maximum Gasteiger partial charge on any atom is 0.0800 e. The summed E-state index contributed by atoms with van der Waals surface area (Å²) >= 11 is 0. The van der Waals surface area contributed by atoms with Crippen molar-refractivity contribution >= 4 is 0 Å². The fraction of sp³-hybridized carbons (Fsp3) is 1.00. The molecule has 2 N–H and O–H groups in total. The summed E-state index contributed by atoms with van der Waals surface area (Å²) in [6.45, 7) is 4.62. The van der Waals surface area contributed by atoms with Gasteiger partial charge in [-0.3, -0.25) is 0 Å². The van der Waals surface area contributed by atoms with Gasteiger partial charge in [0.05, 0.1) is 27.2 Å². The average molecular weight is 143 g/mol. The molecule has 0 aromatic carbocycles. The Kier molecular flexibility index (Phi) is 1.77. The molecule has 1 aliphatic heterocycles. The number of nitrogens with zero attached hydrogens (tertiary/aromatic N) is 1. The van der Waals surface area contributed by atoms with Crippen molar-refractivity contribution < 1.29 is 4.48 Å². The summed E-state index contributed by atoms with van der Waals surface area (Å²) in [5.41, 5.74) is 6.11. The monoisotopic (exact) mass is 143 g/mol. The zero-order valence-electron chi connectivity index (χ0n) is 7.35. The first-order valence-corrected chi connectivity index (χ1v) is 4.02. The van der Waals surface area contributed by atoms with Crippen molar-refractivity contribution in [1.82, 2.24) is 0 Å². The fourth-order valence-electron chi connectivity index (χ4n) is 1.35. The van der Waals surface area contributed by atoms with Crippen LogP contribution in [0.4, 0.5) is 0 Å². The maximum atomic E-state index is 5.99. The predicted octanol–water partition coefficient (Wildman–Crippen LogP) is 0.574. The van der Waals surface area contributed by atoms with Crippen molar-refractivity contribution in [3.63, 3.8) is 0 Å². The molecule has 2 nitrogen and oxygen atoms in total. The summed E-state index contributed by atoms with van der Waals surface area (Å²) in [5.74, 6) is 0. The van der Waals surface area contributed by atoms with Gasteiger partial charge in [0, 0.05) is 18.4 Å². The van der Waals surface area contributed by atoms with Gasteiger partial charge in [-0.15, -0.1) is 0 Å². The quantitative estimate of drug-likeness (QED) is 0.493. The normalized spacial score (nSPS) is 30.0. The van der Waals surface area contributed by atoms with Crippen LogP contribution < -0.4 is 5.73 Å². The van der Waals surface area contributed by atoms with Crippen molar-refractivity contribution in [2.24, 2.45) is 5.73 Å². The van der Waals surface area contributed by atoms with Crippen LogP contribution in [0.25, 0.3) is 0 Å². The minimum atomic E-state index is 0.119. The van der Waals surface area contributed by atoms with Crippen LogP contribution >= 0.6 is 0 Å². The Morgan fingerprint density at radius 3 is 1.90 bits per heavy atom. The number of hydrogen-bond donors (Lipinski definition) is 1. The molecule has 60 valence electrons. The highest BCUT2D eigenvalue weighted by Crippen LogP contribution is 2.21. The van der Waals surface area contributed by atoms with Crippen molar-refractivity contribution in [2.45, 2.75) is 25.3 Å². The first-order valence-electron chi connectivity index (χ1n) is 4.02. The molecule has 0 amide bonds. The van der Waals surface area contributed by atoms with E-state index >= 15 is 0 Å². The van der Waals surface area contributed by atoms with Gasteiger partial charge in [-0.25, -0.2) is 0 Å². The third kappa shape index (κ3) is 1.96. The van der Waals surface area contributed by atoms with Crippen LogP contribution in [0.1, 0.15) is 19.8 Å². The van der Waals surface area contributed by atoms with E-state index in [9.17, 15) is 0 Å². The maximum absolute atomic E-state index is 5.99. The molecule has 0 aromatic rings. The lowest BCUT2D eigenvalue weighted by molar-refractivity contribution is -0.896. The largest absolute Gasteiger partial charge is 0.328 e. The van der Waals surface area contributed by atoms with E-state index in [1.165, 1.54) is 25.9 Å².